The summed E-state index contributed by atoms with van der Waals surface area (Å²) in [4.78, 5) is 21.1. The van der Waals surface area contributed by atoms with Gasteiger partial charge in [-0.05, 0) is 35.7 Å². The molecule has 0 saturated carbocycles. The van der Waals surface area contributed by atoms with Crippen LogP contribution in [-0.2, 0) is 6.54 Å². The highest BCUT2D eigenvalue weighted by Gasteiger charge is 2.23. The van der Waals surface area contributed by atoms with Crippen molar-refractivity contribution in [2.24, 2.45) is 0 Å². The molecule has 1 saturated heterocycles. The summed E-state index contributed by atoms with van der Waals surface area (Å²) in [5.41, 5.74) is 1.64. The average Bonchev–Trinajstić information content (AvgIpc) is 3.34. The van der Waals surface area contributed by atoms with Gasteiger partial charge in [0, 0.05) is 47.7 Å². The van der Waals surface area contributed by atoms with Gasteiger partial charge in [-0.15, -0.1) is 0 Å². The van der Waals surface area contributed by atoms with E-state index in [1.807, 2.05) is 21.7 Å². The predicted octanol–water partition coefficient (Wildman–Crippen LogP) is 3.41. The first kappa shape index (κ1) is 17.2. The van der Waals surface area contributed by atoms with E-state index in [1.165, 1.54) is 0 Å². The van der Waals surface area contributed by atoms with Crippen LogP contribution < -0.4 is 0 Å². The largest absolute Gasteiger partial charge is 0.338 e. The van der Waals surface area contributed by atoms with Gasteiger partial charge >= 0.3 is 0 Å². The van der Waals surface area contributed by atoms with Crippen molar-refractivity contribution in [2.45, 2.75) is 6.54 Å². The molecule has 0 N–H and O–H groups in total. The maximum Gasteiger partial charge on any atom is 0.253 e. The van der Waals surface area contributed by atoms with Gasteiger partial charge in [-0.1, -0.05) is 16.8 Å². The van der Waals surface area contributed by atoms with Crippen LogP contribution in [0.3, 0.4) is 0 Å². The zero-order valence-corrected chi connectivity index (χ0v) is 15.5. The number of piperazine rings is 1. The molecule has 0 radical (unpaired) electrons. The second kappa shape index (κ2) is 7.57. The molecule has 134 valence electrons. The van der Waals surface area contributed by atoms with Gasteiger partial charge in [-0.25, -0.2) is 0 Å². The van der Waals surface area contributed by atoms with E-state index in [9.17, 15) is 4.79 Å². The Labute approximate surface area is 160 Å². The minimum Gasteiger partial charge on any atom is -0.338 e. The van der Waals surface area contributed by atoms with E-state index in [0.29, 0.717) is 41.9 Å². The fourth-order valence-electron chi connectivity index (χ4n) is 2.90. The van der Waals surface area contributed by atoms with Crippen LogP contribution in [0.4, 0.5) is 0 Å². The number of rotatable bonds is 4. The summed E-state index contributed by atoms with van der Waals surface area (Å²) >= 11 is 7.49. The first-order chi connectivity index (χ1) is 12.7. The van der Waals surface area contributed by atoms with Gasteiger partial charge in [0.25, 0.3) is 5.91 Å². The summed E-state index contributed by atoms with van der Waals surface area (Å²) in [5, 5.41) is 8.65. The molecular weight excluding hydrogens is 372 g/mol. The van der Waals surface area contributed by atoms with Gasteiger partial charge in [0.2, 0.25) is 11.7 Å². The van der Waals surface area contributed by atoms with Crippen LogP contribution in [0.15, 0.2) is 45.6 Å². The topological polar surface area (TPSA) is 62.5 Å². The Balaban J connectivity index is 1.32. The van der Waals surface area contributed by atoms with Gasteiger partial charge in [0.15, 0.2) is 0 Å². The normalized spacial score (nSPS) is 15.3. The van der Waals surface area contributed by atoms with E-state index in [4.69, 9.17) is 16.1 Å². The van der Waals surface area contributed by atoms with Gasteiger partial charge in [-0.3, -0.25) is 9.69 Å². The van der Waals surface area contributed by atoms with E-state index < -0.39 is 0 Å². The Bertz CT molecular complexity index is 871. The molecule has 0 atom stereocenters. The second-order valence-corrected chi connectivity index (χ2v) is 7.32. The molecule has 1 fully saturated rings. The van der Waals surface area contributed by atoms with Crippen LogP contribution in [0.25, 0.3) is 11.4 Å². The molecule has 3 heterocycles. The SMILES string of the molecule is O=C(c1ccc(Cl)cc1)N1CCN(Cc2nc(-c3ccsc3)no2)CC1. The van der Waals surface area contributed by atoms with Crippen molar-refractivity contribution in [3.8, 4) is 11.4 Å². The minimum absolute atomic E-state index is 0.0406. The first-order valence-corrected chi connectivity index (χ1v) is 9.63. The summed E-state index contributed by atoms with van der Waals surface area (Å²) in [7, 11) is 0. The molecule has 1 aliphatic rings. The Morgan fingerprint density at radius 2 is 1.92 bits per heavy atom. The van der Waals surface area contributed by atoms with Gasteiger partial charge in [-0.2, -0.15) is 16.3 Å². The molecule has 1 amide bonds. The number of carbonyl (C=O) groups is 1. The van der Waals surface area contributed by atoms with Gasteiger partial charge < -0.3 is 9.42 Å². The molecule has 26 heavy (non-hydrogen) atoms. The number of thiophene rings is 1. The monoisotopic (exact) mass is 388 g/mol. The summed E-state index contributed by atoms with van der Waals surface area (Å²) in [5.74, 6) is 1.26. The minimum atomic E-state index is 0.0406. The highest BCUT2D eigenvalue weighted by atomic mass is 35.5. The molecular formula is C18H17ClN4O2S. The highest BCUT2D eigenvalue weighted by Crippen LogP contribution is 2.19. The predicted molar refractivity (Wildman–Crippen MR) is 100 cm³/mol. The second-order valence-electron chi connectivity index (χ2n) is 6.10. The lowest BCUT2D eigenvalue weighted by Gasteiger charge is -2.34. The Kier molecular flexibility index (Phi) is 5.01. The third kappa shape index (κ3) is 3.80. The van der Waals surface area contributed by atoms with E-state index in [2.05, 4.69) is 15.0 Å². The zero-order chi connectivity index (χ0) is 17.9. The smallest absolute Gasteiger partial charge is 0.253 e. The lowest BCUT2D eigenvalue weighted by molar-refractivity contribution is 0.0615. The molecule has 3 aromatic rings. The quantitative estimate of drug-likeness (QED) is 0.685. The lowest BCUT2D eigenvalue weighted by atomic mass is 10.2. The van der Waals surface area contributed by atoms with Crippen LogP contribution >= 0.6 is 22.9 Å². The molecule has 0 bridgehead atoms. The third-order valence-electron chi connectivity index (χ3n) is 4.36. The summed E-state index contributed by atoms with van der Waals surface area (Å²) in [6.45, 7) is 3.49. The maximum absolute atomic E-state index is 12.5. The van der Waals surface area contributed by atoms with E-state index >= 15 is 0 Å². The summed E-state index contributed by atoms with van der Waals surface area (Å²) in [6, 6.07) is 8.99. The number of amides is 1. The van der Waals surface area contributed by atoms with Gasteiger partial charge in [0.05, 0.1) is 6.54 Å². The Hall–Kier alpha value is -2.22. The maximum atomic E-state index is 12.5. The highest BCUT2D eigenvalue weighted by molar-refractivity contribution is 7.08. The number of carbonyl (C=O) groups excluding carboxylic acids is 1. The van der Waals surface area contributed by atoms with Crippen molar-refractivity contribution in [3.63, 3.8) is 0 Å². The Morgan fingerprint density at radius 1 is 1.15 bits per heavy atom. The molecule has 0 spiro atoms. The van der Waals surface area contributed by atoms with E-state index in [-0.39, 0.29) is 5.91 Å². The number of nitrogens with zero attached hydrogens (tertiary/aromatic N) is 4. The third-order valence-corrected chi connectivity index (χ3v) is 5.29. The molecule has 1 aliphatic heterocycles. The molecule has 6 nitrogen and oxygen atoms in total. The van der Waals surface area contributed by atoms with E-state index in [1.54, 1.807) is 35.6 Å². The molecule has 8 heteroatoms. The summed E-state index contributed by atoms with van der Waals surface area (Å²) in [6.07, 6.45) is 0. The van der Waals surface area contributed by atoms with Gasteiger partial charge in [0.1, 0.15) is 0 Å². The lowest BCUT2D eigenvalue weighted by Crippen LogP contribution is -2.48. The molecule has 4 rings (SSSR count). The first-order valence-electron chi connectivity index (χ1n) is 8.31. The molecule has 0 unspecified atom stereocenters. The van der Waals surface area contributed by atoms with Crippen LogP contribution in [0.5, 0.6) is 0 Å². The number of hydrogen-bond acceptors (Lipinski definition) is 6. The molecule has 1 aromatic carbocycles. The van der Waals surface area contributed by atoms with Crippen LogP contribution in [-0.4, -0.2) is 52.0 Å². The fourth-order valence-corrected chi connectivity index (χ4v) is 3.66. The van der Waals surface area contributed by atoms with E-state index in [0.717, 1.165) is 18.7 Å². The fraction of sp³-hybridized carbons (Fsp3) is 0.278. The number of hydrogen-bond donors (Lipinski definition) is 0. The van der Waals surface area contributed by atoms with Crippen molar-refractivity contribution in [1.29, 1.82) is 0 Å². The standard InChI is InChI=1S/C18H17ClN4O2S/c19-15-3-1-13(2-4-15)18(24)23-8-6-22(7-9-23)11-16-20-17(21-25-16)14-5-10-26-12-14/h1-5,10,12H,6-9,11H2. The van der Waals surface area contributed by atoms with Crippen LogP contribution in [0, 0.1) is 0 Å². The number of benzene rings is 1. The zero-order valence-electron chi connectivity index (χ0n) is 14.0. The average molecular weight is 389 g/mol. The van der Waals surface area contributed by atoms with Crippen molar-refractivity contribution in [1.82, 2.24) is 19.9 Å². The molecule has 0 aliphatic carbocycles. The number of aromatic nitrogens is 2. The van der Waals surface area contributed by atoms with Crippen LogP contribution in [0.2, 0.25) is 5.02 Å². The van der Waals surface area contributed by atoms with Crippen LogP contribution in [0.1, 0.15) is 16.2 Å². The van der Waals surface area contributed by atoms with Crippen molar-refractivity contribution in [2.75, 3.05) is 26.2 Å². The van der Waals surface area contributed by atoms with Crippen molar-refractivity contribution in [3.05, 3.63) is 57.6 Å². The Morgan fingerprint density at radius 3 is 2.62 bits per heavy atom. The van der Waals surface area contributed by atoms with Crippen molar-refractivity contribution < 1.29 is 9.32 Å². The van der Waals surface area contributed by atoms with Crippen molar-refractivity contribution >= 4 is 28.8 Å². The number of halogens is 1. The molecule has 2 aromatic heterocycles. The summed E-state index contributed by atoms with van der Waals surface area (Å²) < 4.78 is 5.35.